The molecule has 0 bridgehead atoms. The van der Waals surface area contributed by atoms with Crippen LogP contribution in [0.25, 0.3) is 0 Å². The number of benzene rings is 2. The molecule has 0 aromatic heterocycles. The monoisotopic (exact) mass is 426 g/mol. The summed E-state index contributed by atoms with van der Waals surface area (Å²) < 4.78 is 19.0. The van der Waals surface area contributed by atoms with Crippen LogP contribution in [0.4, 0.5) is 4.39 Å². The number of piperazine rings is 1. The van der Waals surface area contributed by atoms with Crippen LogP contribution < -0.4 is 9.64 Å². The lowest BCUT2D eigenvalue weighted by atomic mass is 10.1. The molecule has 2 aromatic rings. The van der Waals surface area contributed by atoms with Crippen molar-refractivity contribution in [3.8, 4) is 5.75 Å². The summed E-state index contributed by atoms with van der Waals surface area (Å²) in [4.78, 5) is 29.7. The van der Waals surface area contributed by atoms with Crippen LogP contribution in [0.15, 0.2) is 42.5 Å². The molecule has 0 spiro atoms. The Morgan fingerprint density at radius 3 is 2.48 bits per heavy atom. The first-order valence-electron chi connectivity index (χ1n) is 10.9. The molecule has 2 aliphatic rings. The van der Waals surface area contributed by atoms with Gasteiger partial charge in [-0.3, -0.25) is 9.59 Å². The summed E-state index contributed by atoms with van der Waals surface area (Å²) in [7, 11) is 1.59. The Kier molecular flexibility index (Phi) is 6.51. The fourth-order valence-electron chi connectivity index (χ4n) is 4.38. The highest BCUT2D eigenvalue weighted by Crippen LogP contribution is 2.19. The zero-order chi connectivity index (χ0) is 21.8. The maximum atomic E-state index is 13.6. The van der Waals surface area contributed by atoms with Gasteiger partial charge in [0.1, 0.15) is 18.1 Å². The molecule has 0 unspecified atom stereocenters. The summed E-state index contributed by atoms with van der Waals surface area (Å²) in [5.41, 5.74) is 2.57. The van der Waals surface area contributed by atoms with Crippen LogP contribution in [0.1, 0.15) is 34.3 Å². The third-order valence-corrected chi connectivity index (χ3v) is 6.19. The number of halogens is 1. The van der Waals surface area contributed by atoms with E-state index in [0.29, 0.717) is 43.9 Å². The van der Waals surface area contributed by atoms with E-state index in [2.05, 4.69) is 0 Å². The molecule has 164 valence electrons. The second-order valence-electron chi connectivity index (χ2n) is 8.29. The van der Waals surface area contributed by atoms with E-state index in [0.717, 1.165) is 37.2 Å². The molecule has 2 heterocycles. The van der Waals surface area contributed by atoms with Crippen LogP contribution in [0.5, 0.6) is 5.75 Å². The van der Waals surface area contributed by atoms with E-state index in [9.17, 15) is 14.0 Å². The molecule has 2 fully saturated rings. The number of rotatable bonds is 6. The van der Waals surface area contributed by atoms with Crippen LogP contribution in [0.2, 0.25) is 0 Å². The number of carbonyl (C=O) groups excluding carboxylic acids is 2. The highest BCUT2D eigenvalue weighted by molar-refractivity contribution is 5.94. The SMILES string of the molecule is COc1ccc(F)cc1C[NH+]1CCN(C(=O)c2ccc(CN3CCCC3=O)cc2)CC1. The molecule has 2 amide bonds. The van der Waals surface area contributed by atoms with Crippen molar-refractivity contribution in [1.29, 1.82) is 0 Å². The molecule has 2 aliphatic heterocycles. The Labute approximate surface area is 182 Å². The number of likely N-dealkylation sites (tertiary alicyclic amines) is 1. The molecule has 7 heteroatoms. The maximum Gasteiger partial charge on any atom is 0.254 e. The quantitative estimate of drug-likeness (QED) is 0.762. The van der Waals surface area contributed by atoms with Crippen molar-refractivity contribution in [2.24, 2.45) is 0 Å². The highest BCUT2D eigenvalue weighted by Gasteiger charge is 2.26. The van der Waals surface area contributed by atoms with Gasteiger partial charge in [0.05, 0.1) is 38.9 Å². The van der Waals surface area contributed by atoms with Crippen molar-refractivity contribution in [1.82, 2.24) is 9.80 Å². The van der Waals surface area contributed by atoms with Gasteiger partial charge in [0, 0.05) is 25.1 Å². The van der Waals surface area contributed by atoms with Gasteiger partial charge in [-0.2, -0.15) is 0 Å². The topological polar surface area (TPSA) is 54.3 Å². The Morgan fingerprint density at radius 2 is 1.84 bits per heavy atom. The molecular weight excluding hydrogens is 397 g/mol. The normalized spacial score (nSPS) is 17.3. The Hall–Kier alpha value is -2.93. The van der Waals surface area contributed by atoms with Crippen molar-refractivity contribution >= 4 is 11.8 Å². The number of amides is 2. The minimum absolute atomic E-state index is 0.0335. The molecular formula is C24H29FN3O3+. The van der Waals surface area contributed by atoms with Gasteiger partial charge in [0.25, 0.3) is 5.91 Å². The lowest BCUT2D eigenvalue weighted by Crippen LogP contribution is -3.13. The van der Waals surface area contributed by atoms with Crippen molar-refractivity contribution in [3.05, 3.63) is 65.0 Å². The molecule has 0 aliphatic carbocycles. The second-order valence-corrected chi connectivity index (χ2v) is 8.29. The summed E-state index contributed by atoms with van der Waals surface area (Å²) in [6.45, 7) is 5.03. The predicted molar refractivity (Wildman–Crippen MR) is 114 cm³/mol. The lowest BCUT2D eigenvalue weighted by molar-refractivity contribution is -0.917. The fraction of sp³-hybridized carbons (Fsp3) is 0.417. The van der Waals surface area contributed by atoms with Crippen LogP contribution in [-0.2, 0) is 17.9 Å². The minimum Gasteiger partial charge on any atom is -0.496 e. The molecule has 2 aromatic carbocycles. The average molecular weight is 427 g/mol. The van der Waals surface area contributed by atoms with Gasteiger partial charge >= 0.3 is 0 Å². The van der Waals surface area contributed by atoms with E-state index in [4.69, 9.17) is 4.74 Å². The number of quaternary nitrogens is 1. The van der Waals surface area contributed by atoms with Crippen molar-refractivity contribution in [2.75, 3.05) is 39.8 Å². The van der Waals surface area contributed by atoms with E-state index < -0.39 is 0 Å². The number of hydrogen-bond donors (Lipinski definition) is 1. The van der Waals surface area contributed by atoms with Gasteiger partial charge in [-0.15, -0.1) is 0 Å². The largest absolute Gasteiger partial charge is 0.496 e. The zero-order valence-electron chi connectivity index (χ0n) is 17.9. The molecule has 6 nitrogen and oxygen atoms in total. The molecule has 31 heavy (non-hydrogen) atoms. The standard InChI is InChI=1S/C24H28FN3O3/c1-31-22-9-8-21(25)15-20(22)17-26-11-13-27(14-12-26)24(30)19-6-4-18(5-7-19)16-28-10-2-3-23(28)29/h4-9,15H,2-3,10-14,16-17H2,1H3/p+1. The van der Waals surface area contributed by atoms with Gasteiger partial charge in [-0.05, 0) is 42.3 Å². The van der Waals surface area contributed by atoms with Crippen LogP contribution >= 0.6 is 0 Å². The lowest BCUT2D eigenvalue weighted by Gasteiger charge is -2.32. The number of methoxy groups -OCH3 is 1. The van der Waals surface area contributed by atoms with Gasteiger partial charge in [0.2, 0.25) is 5.91 Å². The summed E-state index contributed by atoms with van der Waals surface area (Å²) in [5.74, 6) is 0.673. The summed E-state index contributed by atoms with van der Waals surface area (Å²) in [5, 5.41) is 0. The second kappa shape index (κ2) is 9.47. The summed E-state index contributed by atoms with van der Waals surface area (Å²) in [6, 6.07) is 12.2. The molecule has 1 N–H and O–H groups in total. The molecule has 4 rings (SSSR count). The first-order valence-corrected chi connectivity index (χ1v) is 10.9. The van der Waals surface area contributed by atoms with Crippen LogP contribution in [0, 0.1) is 5.82 Å². The third kappa shape index (κ3) is 5.05. The molecule has 2 saturated heterocycles. The van der Waals surface area contributed by atoms with E-state index in [1.165, 1.54) is 17.0 Å². The summed E-state index contributed by atoms with van der Waals surface area (Å²) >= 11 is 0. The minimum atomic E-state index is -0.262. The Bertz CT molecular complexity index is 940. The number of carbonyl (C=O) groups is 2. The Balaban J connectivity index is 1.31. The van der Waals surface area contributed by atoms with E-state index in [-0.39, 0.29) is 17.6 Å². The van der Waals surface area contributed by atoms with Gasteiger partial charge in [0.15, 0.2) is 0 Å². The average Bonchev–Trinajstić information content (AvgIpc) is 3.19. The van der Waals surface area contributed by atoms with Crippen LogP contribution in [-0.4, -0.2) is 61.4 Å². The maximum absolute atomic E-state index is 13.6. The van der Waals surface area contributed by atoms with Gasteiger partial charge in [-0.1, -0.05) is 12.1 Å². The van der Waals surface area contributed by atoms with Crippen molar-refractivity contribution < 1.29 is 23.6 Å². The smallest absolute Gasteiger partial charge is 0.254 e. The molecule has 0 radical (unpaired) electrons. The third-order valence-electron chi connectivity index (χ3n) is 6.19. The number of hydrogen-bond acceptors (Lipinski definition) is 3. The highest BCUT2D eigenvalue weighted by atomic mass is 19.1. The zero-order valence-corrected chi connectivity index (χ0v) is 17.9. The summed E-state index contributed by atoms with van der Waals surface area (Å²) in [6.07, 6.45) is 1.56. The Morgan fingerprint density at radius 1 is 1.10 bits per heavy atom. The van der Waals surface area contributed by atoms with Gasteiger partial charge < -0.3 is 19.4 Å². The van der Waals surface area contributed by atoms with E-state index >= 15 is 0 Å². The van der Waals surface area contributed by atoms with E-state index in [1.807, 2.05) is 34.1 Å². The van der Waals surface area contributed by atoms with E-state index in [1.54, 1.807) is 13.2 Å². The molecule has 0 atom stereocenters. The van der Waals surface area contributed by atoms with Crippen molar-refractivity contribution in [2.45, 2.75) is 25.9 Å². The number of ether oxygens (including phenoxy) is 1. The fourth-order valence-corrected chi connectivity index (χ4v) is 4.38. The number of nitrogens with zero attached hydrogens (tertiary/aromatic N) is 2. The van der Waals surface area contributed by atoms with Gasteiger partial charge in [-0.25, -0.2) is 4.39 Å². The van der Waals surface area contributed by atoms with Crippen molar-refractivity contribution in [3.63, 3.8) is 0 Å². The first kappa shape index (κ1) is 21.3. The van der Waals surface area contributed by atoms with Crippen LogP contribution in [0.3, 0.4) is 0 Å². The first-order chi connectivity index (χ1) is 15.0. The molecule has 0 saturated carbocycles. The predicted octanol–water partition coefficient (Wildman–Crippen LogP) is 1.50. The number of nitrogens with one attached hydrogen (secondary N) is 1.